The zero-order valence-corrected chi connectivity index (χ0v) is 17.6. The van der Waals surface area contributed by atoms with Crippen molar-refractivity contribution in [1.82, 2.24) is 9.80 Å². The maximum Gasteiger partial charge on any atom is 0.322 e. The number of carbonyl (C=O) groups excluding carboxylic acids is 2. The van der Waals surface area contributed by atoms with Crippen LogP contribution in [-0.2, 0) is 4.79 Å². The molecule has 2 N–H and O–H groups in total. The molecule has 3 amide bonds. The topological polar surface area (TPSA) is 72.9 Å². The molecule has 0 saturated carbocycles. The summed E-state index contributed by atoms with van der Waals surface area (Å²) in [6, 6.07) is 16.5. The number of piperazine rings is 1. The Hall–Kier alpha value is -3.30. The predicted octanol–water partition coefficient (Wildman–Crippen LogP) is 3.04. The van der Waals surface area contributed by atoms with Crippen LogP contribution >= 0.6 is 0 Å². The number of para-hydroxylation sites is 1. The van der Waals surface area contributed by atoms with Crippen LogP contribution in [0.3, 0.4) is 0 Å². The molecular formula is C25H27N3O3. The van der Waals surface area contributed by atoms with Crippen molar-refractivity contribution in [3.05, 3.63) is 65.7 Å². The largest absolute Gasteiger partial charge is 0.394 e. The van der Waals surface area contributed by atoms with Crippen LogP contribution in [0.15, 0.2) is 54.6 Å². The minimum absolute atomic E-state index is 0.0149. The third kappa shape index (κ3) is 4.28. The van der Waals surface area contributed by atoms with Gasteiger partial charge in [-0.05, 0) is 36.2 Å². The molecule has 160 valence electrons. The lowest BCUT2D eigenvalue weighted by Crippen LogP contribution is -2.73. The van der Waals surface area contributed by atoms with E-state index in [0.29, 0.717) is 12.2 Å². The predicted molar refractivity (Wildman–Crippen MR) is 120 cm³/mol. The molecule has 4 rings (SSSR count). The van der Waals surface area contributed by atoms with Crippen molar-refractivity contribution >= 4 is 17.6 Å². The quantitative estimate of drug-likeness (QED) is 0.751. The summed E-state index contributed by atoms with van der Waals surface area (Å²) < 4.78 is 0. The second kappa shape index (κ2) is 9.23. The smallest absolute Gasteiger partial charge is 0.322 e. The monoisotopic (exact) mass is 417 g/mol. The molecule has 0 aromatic heterocycles. The number of carbonyl (C=O) groups is 2. The van der Waals surface area contributed by atoms with Crippen molar-refractivity contribution < 1.29 is 14.7 Å². The van der Waals surface area contributed by atoms with Crippen molar-refractivity contribution in [2.45, 2.75) is 37.8 Å². The second-order valence-corrected chi connectivity index (χ2v) is 7.99. The standard InChI is InChI=1S/C25H27N3O3/c1-2-3-5-8-18-11-13-19(14-12-18)24-21-15-27(16-23(30)28(21)22(24)17-29)25(31)26-20-9-6-4-7-10-20/h4,6-7,9-14,21-22,24,29H,2-3,15-17H2,1H3,(H,26,31)/t21-,22+,24+/m0/s1. The Kier molecular flexibility index (Phi) is 6.24. The number of aliphatic hydroxyl groups excluding tert-OH is 1. The van der Waals surface area contributed by atoms with Crippen LogP contribution in [-0.4, -0.2) is 58.6 Å². The molecule has 3 atom stereocenters. The first-order valence-corrected chi connectivity index (χ1v) is 10.7. The first-order valence-electron chi connectivity index (χ1n) is 10.7. The Morgan fingerprint density at radius 2 is 1.90 bits per heavy atom. The second-order valence-electron chi connectivity index (χ2n) is 7.99. The first kappa shape index (κ1) is 21.0. The van der Waals surface area contributed by atoms with Gasteiger partial charge in [-0.3, -0.25) is 4.79 Å². The minimum atomic E-state index is -0.285. The van der Waals surface area contributed by atoms with Gasteiger partial charge in [-0.1, -0.05) is 49.1 Å². The average Bonchev–Trinajstić information content (AvgIpc) is 2.77. The maximum absolute atomic E-state index is 12.7. The highest BCUT2D eigenvalue weighted by Crippen LogP contribution is 2.42. The molecular weight excluding hydrogens is 390 g/mol. The van der Waals surface area contributed by atoms with Crippen LogP contribution < -0.4 is 5.32 Å². The van der Waals surface area contributed by atoms with Crippen LogP contribution in [0, 0.1) is 11.8 Å². The molecule has 2 heterocycles. The van der Waals surface area contributed by atoms with E-state index < -0.39 is 0 Å². The van der Waals surface area contributed by atoms with Crippen LogP contribution in [0.4, 0.5) is 10.5 Å². The molecule has 6 nitrogen and oxygen atoms in total. The summed E-state index contributed by atoms with van der Waals surface area (Å²) in [6.45, 7) is 2.46. The van der Waals surface area contributed by atoms with Crippen LogP contribution in [0.2, 0.25) is 0 Å². The Bertz CT molecular complexity index is 994. The third-order valence-electron chi connectivity index (χ3n) is 5.97. The van der Waals surface area contributed by atoms with Gasteiger partial charge in [-0.25, -0.2) is 4.79 Å². The molecule has 0 aliphatic carbocycles. The molecule has 2 aromatic carbocycles. The maximum atomic E-state index is 12.7. The number of amides is 3. The fourth-order valence-electron chi connectivity index (χ4n) is 4.46. The van der Waals surface area contributed by atoms with Gasteiger partial charge in [0, 0.05) is 30.1 Å². The van der Waals surface area contributed by atoms with Crippen molar-refractivity contribution in [3.63, 3.8) is 0 Å². The highest BCUT2D eigenvalue weighted by atomic mass is 16.3. The fourth-order valence-corrected chi connectivity index (χ4v) is 4.46. The molecule has 0 radical (unpaired) electrons. The zero-order chi connectivity index (χ0) is 21.8. The van der Waals surface area contributed by atoms with Gasteiger partial charge in [0.15, 0.2) is 0 Å². The number of hydrogen-bond donors (Lipinski definition) is 2. The van der Waals surface area contributed by atoms with Gasteiger partial charge in [0.05, 0.1) is 18.7 Å². The summed E-state index contributed by atoms with van der Waals surface area (Å²) in [5.74, 6) is 6.16. The Balaban J connectivity index is 1.49. The Morgan fingerprint density at radius 1 is 1.16 bits per heavy atom. The SMILES string of the molecule is CCCC#Cc1ccc([C@H]2[C@@H](CO)N3C(=O)CN(C(=O)Nc4ccccc4)C[C@@H]23)cc1. The van der Waals surface area contributed by atoms with Crippen molar-refractivity contribution in [2.24, 2.45) is 0 Å². The number of hydrogen-bond acceptors (Lipinski definition) is 3. The Morgan fingerprint density at radius 3 is 2.58 bits per heavy atom. The van der Waals surface area contributed by atoms with Gasteiger partial charge in [0.1, 0.15) is 6.54 Å². The highest BCUT2D eigenvalue weighted by Gasteiger charge is 2.54. The number of rotatable bonds is 4. The molecule has 31 heavy (non-hydrogen) atoms. The van der Waals surface area contributed by atoms with Gasteiger partial charge in [-0.15, -0.1) is 0 Å². The number of fused-ring (bicyclic) bond motifs is 1. The van der Waals surface area contributed by atoms with Gasteiger partial charge >= 0.3 is 6.03 Å². The van der Waals surface area contributed by atoms with Crippen molar-refractivity contribution in [3.8, 4) is 11.8 Å². The van der Waals surface area contributed by atoms with E-state index in [1.807, 2.05) is 54.6 Å². The van der Waals surface area contributed by atoms with E-state index in [2.05, 4.69) is 24.1 Å². The van der Waals surface area contributed by atoms with Gasteiger partial charge in [0.25, 0.3) is 0 Å². The number of nitrogens with one attached hydrogen (secondary N) is 1. The van der Waals surface area contributed by atoms with E-state index >= 15 is 0 Å². The van der Waals surface area contributed by atoms with Crippen LogP contribution in [0.5, 0.6) is 0 Å². The molecule has 2 fully saturated rings. The van der Waals surface area contributed by atoms with Gasteiger partial charge in [-0.2, -0.15) is 0 Å². The molecule has 0 unspecified atom stereocenters. The first-order chi connectivity index (χ1) is 15.1. The number of unbranched alkanes of at least 4 members (excludes halogenated alkanes) is 1. The molecule has 2 aliphatic heterocycles. The van der Waals surface area contributed by atoms with Crippen molar-refractivity contribution in [2.75, 3.05) is 25.0 Å². The lowest BCUT2D eigenvalue weighted by Gasteiger charge is -2.58. The van der Waals surface area contributed by atoms with Gasteiger partial charge in [0.2, 0.25) is 5.91 Å². The van der Waals surface area contributed by atoms with E-state index in [0.717, 1.165) is 24.0 Å². The molecule has 2 aliphatic rings. The summed E-state index contributed by atoms with van der Waals surface area (Å²) in [5.41, 5.74) is 2.71. The summed E-state index contributed by atoms with van der Waals surface area (Å²) in [7, 11) is 0. The number of nitrogens with zero attached hydrogens (tertiary/aromatic N) is 2. The molecule has 0 spiro atoms. The fraction of sp³-hybridized carbons (Fsp3) is 0.360. The summed E-state index contributed by atoms with van der Waals surface area (Å²) in [5, 5.41) is 12.8. The Labute approximate surface area is 182 Å². The molecule has 2 aromatic rings. The lowest BCUT2D eigenvalue weighted by atomic mass is 9.73. The number of benzene rings is 2. The van der Waals surface area contributed by atoms with Crippen molar-refractivity contribution in [1.29, 1.82) is 0 Å². The van der Waals surface area contributed by atoms with E-state index in [1.54, 1.807) is 9.80 Å². The number of aliphatic hydroxyl groups is 1. The van der Waals surface area contributed by atoms with Crippen LogP contribution in [0.1, 0.15) is 36.8 Å². The van der Waals surface area contributed by atoms with Crippen LogP contribution in [0.25, 0.3) is 0 Å². The zero-order valence-electron chi connectivity index (χ0n) is 17.6. The average molecular weight is 418 g/mol. The molecule has 2 saturated heterocycles. The minimum Gasteiger partial charge on any atom is -0.394 e. The van der Waals surface area contributed by atoms with Gasteiger partial charge < -0.3 is 20.2 Å². The summed E-state index contributed by atoms with van der Waals surface area (Å²) in [6.07, 6.45) is 1.90. The number of urea groups is 1. The number of anilines is 1. The summed E-state index contributed by atoms with van der Waals surface area (Å²) >= 11 is 0. The molecule has 6 heteroatoms. The summed E-state index contributed by atoms with van der Waals surface area (Å²) in [4.78, 5) is 28.8. The highest BCUT2D eigenvalue weighted by molar-refractivity contribution is 5.93. The normalized spacial score (nSPS) is 22.1. The lowest BCUT2D eigenvalue weighted by molar-refractivity contribution is -0.159. The van der Waals surface area contributed by atoms with E-state index in [-0.39, 0.29) is 43.1 Å². The van der Waals surface area contributed by atoms with E-state index in [1.165, 1.54) is 0 Å². The van der Waals surface area contributed by atoms with E-state index in [4.69, 9.17) is 0 Å². The third-order valence-corrected chi connectivity index (χ3v) is 5.97. The molecule has 0 bridgehead atoms. The van der Waals surface area contributed by atoms with E-state index in [9.17, 15) is 14.7 Å².